The van der Waals surface area contributed by atoms with Gasteiger partial charge in [-0.25, -0.2) is 4.39 Å². The molecule has 2 rings (SSSR count). The second kappa shape index (κ2) is 5.04. The number of benzene rings is 1. The Kier molecular flexibility index (Phi) is 3.63. The summed E-state index contributed by atoms with van der Waals surface area (Å²) in [6.45, 7) is 1.53. The maximum atomic E-state index is 12.8. The fourth-order valence-corrected chi connectivity index (χ4v) is 2.19. The second-order valence-electron chi connectivity index (χ2n) is 4.82. The van der Waals surface area contributed by atoms with Crippen LogP contribution in [0.1, 0.15) is 16.8 Å². The highest BCUT2D eigenvalue weighted by atomic mass is 19.1. The molecule has 0 saturated carbocycles. The van der Waals surface area contributed by atoms with E-state index < -0.39 is 5.60 Å². The molecule has 98 valence electrons. The third kappa shape index (κ3) is 2.86. The fraction of sp³-hybridized carbons (Fsp3) is 0.462. The number of likely N-dealkylation sites (N-methyl/N-ethyl adjacent to an activating group) is 1. The van der Waals surface area contributed by atoms with Gasteiger partial charge in [-0.3, -0.25) is 4.79 Å². The van der Waals surface area contributed by atoms with Gasteiger partial charge in [-0.1, -0.05) is 0 Å². The van der Waals surface area contributed by atoms with E-state index in [0.29, 0.717) is 18.5 Å². The molecule has 1 fully saturated rings. The molecule has 1 amide bonds. The van der Waals surface area contributed by atoms with Gasteiger partial charge in [0.1, 0.15) is 5.82 Å². The van der Waals surface area contributed by atoms with Gasteiger partial charge in [-0.15, -0.1) is 0 Å². The van der Waals surface area contributed by atoms with Gasteiger partial charge in [0.15, 0.2) is 0 Å². The fourth-order valence-electron chi connectivity index (χ4n) is 2.19. The zero-order valence-corrected chi connectivity index (χ0v) is 10.3. The average Bonchev–Trinajstić information content (AvgIpc) is 2.76. The molecule has 0 bridgehead atoms. The summed E-state index contributed by atoms with van der Waals surface area (Å²) in [7, 11) is 1.64. The topological polar surface area (TPSA) is 52.6 Å². The van der Waals surface area contributed by atoms with Crippen LogP contribution in [0, 0.1) is 5.82 Å². The van der Waals surface area contributed by atoms with Crippen LogP contribution in [0.4, 0.5) is 4.39 Å². The SMILES string of the molecule is CN(CC1(O)CCNC1)C(=O)c1ccc(F)cc1. The summed E-state index contributed by atoms with van der Waals surface area (Å²) < 4.78 is 12.8. The lowest BCUT2D eigenvalue weighted by atomic mass is 10.0. The maximum Gasteiger partial charge on any atom is 0.253 e. The summed E-state index contributed by atoms with van der Waals surface area (Å²) in [5.41, 5.74) is -0.432. The quantitative estimate of drug-likeness (QED) is 0.829. The van der Waals surface area contributed by atoms with Crippen molar-refractivity contribution < 1.29 is 14.3 Å². The molecule has 0 radical (unpaired) electrons. The first kappa shape index (κ1) is 13.0. The highest BCUT2D eigenvalue weighted by molar-refractivity contribution is 5.94. The Morgan fingerprint density at radius 2 is 2.17 bits per heavy atom. The number of hydrogen-bond donors (Lipinski definition) is 2. The Bertz CT molecular complexity index is 427. The third-order valence-electron chi connectivity index (χ3n) is 3.19. The minimum Gasteiger partial charge on any atom is -0.387 e. The smallest absolute Gasteiger partial charge is 0.253 e. The molecule has 1 aliphatic heterocycles. The molecule has 2 N–H and O–H groups in total. The summed E-state index contributed by atoms with van der Waals surface area (Å²) in [5.74, 6) is -0.580. The molecule has 1 atom stereocenters. The molecule has 18 heavy (non-hydrogen) atoms. The molecule has 0 aliphatic carbocycles. The van der Waals surface area contributed by atoms with Crippen molar-refractivity contribution in [3.63, 3.8) is 0 Å². The van der Waals surface area contributed by atoms with Gasteiger partial charge in [0.05, 0.1) is 12.1 Å². The van der Waals surface area contributed by atoms with Crippen LogP contribution in [-0.2, 0) is 0 Å². The van der Waals surface area contributed by atoms with Crippen LogP contribution in [0.5, 0.6) is 0 Å². The third-order valence-corrected chi connectivity index (χ3v) is 3.19. The van der Waals surface area contributed by atoms with Gasteiger partial charge in [-0.2, -0.15) is 0 Å². The first-order valence-corrected chi connectivity index (χ1v) is 5.94. The van der Waals surface area contributed by atoms with E-state index in [-0.39, 0.29) is 18.3 Å². The van der Waals surface area contributed by atoms with E-state index in [1.54, 1.807) is 7.05 Å². The zero-order valence-electron chi connectivity index (χ0n) is 10.3. The lowest BCUT2D eigenvalue weighted by Gasteiger charge is -2.28. The number of halogens is 1. The lowest BCUT2D eigenvalue weighted by molar-refractivity contribution is 0.0252. The molecule has 0 spiro atoms. The van der Waals surface area contributed by atoms with E-state index >= 15 is 0 Å². The van der Waals surface area contributed by atoms with E-state index in [0.717, 1.165) is 6.54 Å². The molecule has 4 nitrogen and oxygen atoms in total. The first-order valence-electron chi connectivity index (χ1n) is 5.94. The van der Waals surface area contributed by atoms with Crippen LogP contribution < -0.4 is 5.32 Å². The number of aliphatic hydroxyl groups is 1. The average molecular weight is 252 g/mol. The first-order chi connectivity index (χ1) is 8.50. The van der Waals surface area contributed by atoms with Crippen LogP contribution in [0.25, 0.3) is 0 Å². The minimum atomic E-state index is -0.857. The van der Waals surface area contributed by atoms with Crippen LogP contribution >= 0.6 is 0 Å². The van der Waals surface area contributed by atoms with Gasteiger partial charge >= 0.3 is 0 Å². The summed E-state index contributed by atoms with van der Waals surface area (Å²) in [6, 6.07) is 5.41. The van der Waals surface area contributed by atoms with Crippen LogP contribution in [0.15, 0.2) is 24.3 Å². The van der Waals surface area contributed by atoms with Gasteiger partial charge in [-0.05, 0) is 37.2 Å². The number of rotatable bonds is 3. The Hall–Kier alpha value is -1.46. The minimum absolute atomic E-state index is 0.213. The molecule has 1 unspecified atom stereocenters. The molecule has 0 aromatic heterocycles. The van der Waals surface area contributed by atoms with Gasteiger partial charge < -0.3 is 15.3 Å². The Balaban J connectivity index is 2.02. The Labute approximate surface area is 105 Å². The highest BCUT2D eigenvalue weighted by Gasteiger charge is 2.33. The standard InChI is InChI=1S/C13H17FN2O2/c1-16(9-13(18)6-7-15-8-13)12(17)10-2-4-11(14)5-3-10/h2-5,15,18H,6-9H2,1H3. The number of β-amino-alcohol motifs (C(OH)–C–C–N with tert-alkyl or cyclic N) is 1. The molecule has 5 heteroatoms. The van der Waals surface area contributed by atoms with E-state index in [9.17, 15) is 14.3 Å². The van der Waals surface area contributed by atoms with E-state index in [4.69, 9.17) is 0 Å². The number of hydrogen-bond acceptors (Lipinski definition) is 3. The molecule has 1 aromatic rings. The van der Waals surface area contributed by atoms with Crippen LogP contribution in [0.3, 0.4) is 0 Å². The van der Waals surface area contributed by atoms with E-state index in [2.05, 4.69) is 5.32 Å². The van der Waals surface area contributed by atoms with Crippen molar-refractivity contribution in [3.8, 4) is 0 Å². The molecule has 1 saturated heterocycles. The lowest BCUT2D eigenvalue weighted by Crippen LogP contribution is -2.45. The molecular formula is C13H17FN2O2. The number of nitrogens with one attached hydrogen (secondary N) is 1. The van der Waals surface area contributed by atoms with Crippen LogP contribution in [0.2, 0.25) is 0 Å². The second-order valence-corrected chi connectivity index (χ2v) is 4.82. The predicted molar refractivity (Wildman–Crippen MR) is 65.8 cm³/mol. The van der Waals surface area contributed by atoms with Crippen molar-refractivity contribution in [2.75, 3.05) is 26.7 Å². The van der Waals surface area contributed by atoms with Crippen molar-refractivity contribution in [1.82, 2.24) is 10.2 Å². The van der Waals surface area contributed by atoms with Gasteiger partial charge in [0, 0.05) is 19.2 Å². The van der Waals surface area contributed by atoms with Gasteiger partial charge in [0.2, 0.25) is 0 Å². The number of amides is 1. The normalized spacial score (nSPS) is 23.1. The van der Waals surface area contributed by atoms with Crippen molar-refractivity contribution in [2.45, 2.75) is 12.0 Å². The summed E-state index contributed by atoms with van der Waals surface area (Å²) in [4.78, 5) is 13.5. The monoisotopic (exact) mass is 252 g/mol. The molecular weight excluding hydrogens is 235 g/mol. The molecule has 1 aromatic carbocycles. The molecule has 1 aliphatic rings. The number of nitrogens with zero attached hydrogens (tertiary/aromatic N) is 1. The van der Waals surface area contributed by atoms with Crippen molar-refractivity contribution >= 4 is 5.91 Å². The number of carbonyl (C=O) groups excluding carboxylic acids is 1. The summed E-state index contributed by atoms with van der Waals surface area (Å²) in [6.07, 6.45) is 0.633. The Morgan fingerprint density at radius 3 is 2.72 bits per heavy atom. The van der Waals surface area contributed by atoms with Crippen molar-refractivity contribution in [2.24, 2.45) is 0 Å². The Morgan fingerprint density at radius 1 is 1.50 bits per heavy atom. The zero-order chi connectivity index (χ0) is 13.2. The highest BCUT2D eigenvalue weighted by Crippen LogP contribution is 2.16. The van der Waals surface area contributed by atoms with Crippen molar-refractivity contribution in [3.05, 3.63) is 35.6 Å². The van der Waals surface area contributed by atoms with Gasteiger partial charge in [0.25, 0.3) is 5.91 Å². The van der Waals surface area contributed by atoms with Crippen molar-refractivity contribution in [1.29, 1.82) is 0 Å². The number of carbonyl (C=O) groups is 1. The van der Waals surface area contributed by atoms with E-state index in [1.165, 1.54) is 29.2 Å². The predicted octanol–water partition coefficient (Wildman–Crippen LogP) is 0.622. The maximum absolute atomic E-state index is 12.8. The van der Waals surface area contributed by atoms with E-state index in [1.807, 2.05) is 0 Å². The largest absolute Gasteiger partial charge is 0.387 e. The summed E-state index contributed by atoms with van der Waals surface area (Å²) in [5, 5.41) is 13.3. The summed E-state index contributed by atoms with van der Waals surface area (Å²) >= 11 is 0. The van der Waals surface area contributed by atoms with Crippen LogP contribution in [-0.4, -0.2) is 48.2 Å². The molecule has 1 heterocycles.